The number of anilines is 1. The number of carbonyl (C=O) groups is 2. The number of thiazole rings is 1. The molecule has 1 aliphatic heterocycles. The highest BCUT2D eigenvalue weighted by Crippen LogP contribution is 2.34. The normalized spacial score (nSPS) is 15.4. The van der Waals surface area contributed by atoms with Gasteiger partial charge in [0.05, 0.1) is 11.4 Å². The number of halogens is 2. The summed E-state index contributed by atoms with van der Waals surface area (Å²) in [4.78, 5) is 32.3. The summed E-state index contributed by atoms with van der Waals surface area (Å²) in [6, 6.07) is 7.43. The second-order valence-electron chi connectivity index (χ2n) is 8.19. The molecular weight excluding hydrogens is 506 g/mol. The Morgan fingerprint density at radius 3 is 2.89 bits per heavy atom. The number of H-pyrrole nitrogens is 1. The Balaban J connectivity index is 1.24. The van der Waals surface area contributed by atoms with Crippen molar-refractivity contribution in [2.45, 2.75) is 6.04 Å². The second-order valence-corrected chi connectivity index (χ2v) is 9.03. The number of nitrogens with zero attached hydrogens (tertiary/aromatic N) is 6. The molecule has 2 aromatic carbocycles. The van der Waals surface area contributed by atoms with Crippen molar-refractivity contribution in [2.24, 2.45) is 0 Å². The summed E-state index contributed by atoms with van der Waals surface area (Å²) >= 11 is 1.20. The number of amides is 2. The van der Waals surface area contributed by atoms with Crippen molar-refractivity contribution in [3.8, 4) is 28.4 Å². The van der Waals surface area contributed by atoms with Gasteiger partial charge in [-0.2, -0.15) is 0 Å². The van der Waals surface area contributed by atoms with Gasteiger partial charge in [0.1, 0.15) is 35.7 Å². The zero-order valence-electron chi connectivity index (χ0n) is 19.0. The zero-order valence-corrected chi connectivity index (χ0v) is 19.8. The van der Waals surface area contributed by atoms with E-state index in [1.165, 1.54) is 28.5 Å². The summed E-state index contributed by atoms with van der Waals surface area (Å²) in [6.07, 6.45) is 1.44. The van der Waals surface area contributed by atoms with Gasteiger partial charge in [0.2, 0.25) is 0 Å². The van der Waals surface area contributed by atoms with Crippen LogP contribution in [0.5, 0.6) is 5.75 Å². The smallest absolute Gasteiger partial charge is 0.272 e. The van der Waals surface area contributed by atoms with Gasteiger partial charge in [-0.3, -0.25) is 14.0 Å². The maximum Gasteiger partial charge on any atom is 0.272 e. The van der Waals surface area contributed by atoms with E-state index in [2.05, 4.69) is 30.9 Å². The number of likely N-dealkylation sites (N-methyl/N-ethyl adjacent to an activating group) is 1. The fourth-order valence-electron chi connectivity index (χ4n) is 4.05. The predicted molar refractivity (Wildman–Crippen MR) is 128 cm³/mol. The van der Waals surface area contributed by atoms with Gasteiger partial charge in [-0.15, -0.1) is 16.4 Å². The molecule has 11 nitrogen and oxygen atoms in total. The fraction of sp³-hybridized carbons (Fsp3) is 0.130. The van der Waals surface area contributed by atoms with Crippen LogP contribution in [0.25, 0.3) is 27.6 Å². The number of rotatable bonds is 4. The van der Waals surface area contributed by atoms with Gasteiger partial charge in [-0.1, -0.05) is 0 Å². The van der Waals surface area contributed by atoms with Crippen molar-refractivity contribution >= 4 is 33.8 Å². The number of imidazole rings is 1. The Kier molecular flexibility index (Phi) is 5.37. The van der Waals surface area contributed by atoms with Gasteiger partial charge < -0.3 is 15.0 Å². The lowest BCUT2D eigenvalue weighted by atomic mass is 10.1. The van der Waals surface area contributed by atoms with E-state index in [9.17, 15) is 18.4 Å². The SMILES string of the molecule is CN1C(=O)[C@@H](NC(=O)c2cn3c(-c4ccc(F)cc4F)csc3n2)COc2ccc(-c3nnn[nH]3)cc21. The first-order chi connectivity index (χ1) is 17.9. The summed E-state index contributed by atoms with van der Waals surface area (Å²) in [5, 5.41) is 18.0. The van der Waals surface area contributed by atoms with E-state index in [0.717, 1.165) is 12.1 Å². The average Bonchev–Trinajstić information content (AvgIpc) is 3.62. The minimum absolute atomic E-state index is 0.0351. The standard InChI is InChI=1S/C23H16F2N8O3S/c1-32-17-6-11(20-28-30-31-29-20)2-5-19(17)36-9-16(22(32)35)26-21(34)15-8-33-18(10-37-23(33)27-15)13-4-3-12(24)7-14(13)25/h2-8,10,16H,9H2,1H3,(H,26,34)(H,28,29,30,31)/t16-/m0/s1. The first kappa shape index (κ1) is 22.7. The third-order valence-corrected chi connectivity index (χ3v) is 6.77. The molecule has 2 amide bonds. The Hall–Kier alpha value is -4.72. The van der Waals surface area contributed by atoms with E-state index in [4.69, 9.17) is 4.74 Å². The Morgan fingerprint density at radius 1 is 1.24 bits per heavy atom. The molecule has 0 spiro atoms. The van der Waals surface area contributed by atoms with Crippen molar-refractivity contribution < 1.29 is 23.1 Å². The van der Waals surface area contributed by atoms with Crippen LogP contribution in [0.3, 0.4) is 0 Å². The number of benzene rings is 2. The quantitative estimate of drug-likeness (QED) is 0.371. The fourth-order valence-corrected chi connectivity index (χ4v) is 4.92. The van der Waals surface area contributed by atoms with Crippen molar-refractivity contribution in [1.82, 2.24) is 35.3 Å². The monoisotopic (exact) mass is 522 g/mol. The lowest BCUT2D eigenvalue weighted by molar-refractivity contribution is -0.120. The Bertz CT molecular complexity index is 1670. The van der Waals surface area contributed by atoms with Crippen LogP contribution in [0.1, 0.15) is 10.5 Å². The van der Waals surface area contributed by atoms with Crippen LogP contribution in [0.15, 0.2) is 48.0 Å². The van der Waals surface area contributed by atoms with Crippen LogP contribution in [0, 0.1) is 11.6 Å². The number of hydrogen-bond donors (Lipinski definition) is 2. The number of fused-ring (bicyclic) bond motifs is 2. The van der Waals surface area contributed by atoms with Gasteiger partial charge >= 0.3 is 0 Å². The molecule has 0 fully saturated rings. The molecule has 1 aliphatic rings. The number of aromatic nitrogens is 6. The van der Waals surface area contributed by atoms with Crippen LogP contribution in [0.2, 0.25) is 0 Å². The van der Waals surface area contributed by atoms with Gasteiger partial charge in [-0.05, 0) is 40.8 Å². The second kappa shape index (κ2) is 8.74. The van der Waals surface area contributed by atoms with Gasteiger partial charge in [0.25, 0.3) is 11.8 Å². The molecule has 14 heteroatoms. The van der Waals surface area contributed by atoms with Crippen LogP contribution in [-0.4, -0.2) is 61.5 Å². The molecule has 5 aromatic rings. The summed E-state index contributed by atoms with van der Waals surface area (Å²) in [5.74, 6) is -1.53. The number of carbonyl (C=O) groups excluding carboxylic acids is 2. The van der Waals surface area contributed by atoms with Gasteiger partial charge in [0.15, 0.2) is 10.8 Å². The molecule has 0 radical (unpaired) electrons. The molecule has 3 aromatic heterocycles. The summed E-state index contributed by atoms with van der Waals surface area (Å²) < 4.78 is 35.0. The number of nitrogens with one attached hydrogen (secondary N) is 2. The molecule has 0 aliphatic carbocycles. The molecule has 4 heterocycles. The minimum Gasteiger partial charge on any atom is -0.489 e. The summed E-state index contributed by atoms with van der Waals surface area (Å²) in [7, 11) is 1.58. The largest absolute Gasteiger partial charge is 0.489 e. The van der Waals surface area contributed by atoms with E-state index in [-0.39, 0.29) is 17.9 Å². The average molecular weight is 522 g/mol. The first-order valence-corrected chi connectivity index (χ1v) is 11.8. The van der Waals surface area contributed by atoms with Crippen molar-refractivity contribution in [1.29, 1.82) is 0 Å². The van der Waals surface area contributed by atoms with Gasteiger partial charge in [-0.25, -0.2) is 18.9 Å². The topological polar surface area (TPSA) is 130 Å². The van der Waals surface area contributed by atoms with Crippen molar-refractivity contribution in [3.05, 3.63) is 65.3 Å². The number of aromatic amines is 1. The van der Waals surface area contributed by atoms with E-state index in [0.29, 0.717) is 33.5 Å². The molecule has 37 heavy (non-hydrogen) atoms. The van der Waals surface area contributed by atoms with E-state index >= 15 is 0 Å². The molecule has 1 atom stereocenters. The lowest BCUT2D eigenvalue weighted by Crippen LogP contribution is -2.49. The predicted octanol–water partition coefficient (Wildman–Crippen LogP) is 2.67. The molecule has 6 rings (SSSR count). The molecule has 2 N–H and O–H groups in total. The molecule has 0 unspecified atom stereocenters. The molecule has 0 bridgehead atoms. The number of ether oxygens (including phenoxy) is 1. The highest BCUT2D eigenvalue weighted by atomic mass is 32.1. The van der Waals surface area contributed by atoms with Crippen LogP contribution >= 0.6 is 11.3 Å². The minimum atomic E-state index is -0.992. The maximum atomic E-state index is 14.3. The molecule has 0 saturated carbocycles. The Morgan fingerprint density at radius 2 is 2.11 bits per heavy atom. The third kappa shape index (κ3) is 3.96. The number of hydrogen-bond acceptors (Lipinski definition) is 8. The van der Waals surface area contributed by atoms with E-state index in [1.54, 1.807) is 35.0 Å². The van der Waals surface area contributed by atoms with E-state index < -0.39 is 29.5 Å². The van der Waals surface area contributed by atoms with Crippen LogP contribution in [-0.2, 0) is 4.79 Å². The number of tetrazole rings is 1. The maximum absolute atomic E-state index is 14.3. The summed E-state index contributed by atoms with van der Waals surface area (Å²) in [6.45, 7) is -0.0978. The van der Waals surface area contributed by atoms with Crippen molar-refractivity contribution in [2.75, 3.05) is 18.6 Å². The summed E-state index contributed by atoms with van der Waals surface area (Å²) in [5.41, 5.74) is 1.77. The highest BCUT2D eigenvalue weighted by Gasteiger charge is 2.32. The Labute approximate surface area is 210 Å². The van der Waals surface area contributed by atoms with Crippen LogP contribution < -0.4 is 15.0 Å². The van der Waals surface area contributed by atoms with Crippen molar-refractivity contribution in [3.63, 3.8) is 0 Å². The molecule has 186 valence electrons. The molecular formula is C23H16F2N8O3S. The van der Waals surface area contributed by atoms with Gasteiger partial charge in [0, 0.05) is 35.8 Å². The van der Waals surface area contributed by atoms with E-state index in [1.807, 2.05) is 0 Å². The van der Waals surface area contributed by atoms with Crippen LogP contribution in [0.4, 0.5) is 14.5 Å². The first-order valence-electron chi connectivity index (χ1n) is 10.9. The highest BCUT2D eigenvalue weighted by molar-refractivity contribution is 7.15. The third-order valence-electron chi connectivity index (χ3n) is 5.93. The molecule has 0 saturated heterocycles. The zero-order chi connectivity index (χ0) is 25.7. The lowest BCUT2D eigenvalue weighted by Gasteiger charge is -2.20.